The molecular formula is C20H12N2O6. The second-order valence-corrected chi connectivity index (χ2v) is 6.21. The van der Waals surface area contributed by atoms with Crippen LogP contribution in [0, 0.1) is 10.1 Å². The van der Waals surface area contributed by atoms with Gasteiger partial charge >= 0.3 is 0 Å². The van der Waals surface area contributed by atoms with E-state index in [1.807, 2.05) is 0 Å². The molecule has 1 aliphatic rings. The van der Waals surface area contributed by atoms with Gasteiger partial charge in [-0.15, -0.1) is 0 Å². The van der Waals surface area contributed by atoms with Gasteiger partial charge < -0.3 is 15.5 Å². The Hall–Kier alpha value is -4.20. The van der Waals surface area contributed by atoms with Crippen molar-refractivity contribution >= 4 is 28.6 Å². The van der Waals surface area contributed by atoms with Gasteiger partial charge in [-0.05, 0) is 24.3 Å². The number of ketones is 2. The lowest BCUT2D eigenvalue weighted by atomic mass is 9.82. The average molecular weight is 376 g/mol. The third-order valence-corrected chi connectivity index (χ3v) is 4.42. The Kier molecular flexibility index (Phi) is 3.82. The van der Waals surface area contributed by atoms with Crippen molar-refractivity contribution in [2.24, 2.45) is 0 Å². The number of nitrogens with zero attached hydrogens (tertiary/aromatic N) is 1. The summed E-state index contributed by atoms with van der Waals surface area (Å²) in [7, 11) is 0. The number of benzene rings is 3. The van der Waals surface area contributed by atoms with Gasteiger partial charge in [0.15, 0.2) is 5.78 Å². The number of nitro groups is 1. The monoisotopic (exact) mass is 376 g/mol. The second-order valence-electron chi connectivity index (χ2n) is 6.21. The summed E-state index contributed by atoms with van der Waals surface area (Å²) in [6.45, 7) is 0. The first kappa shape index (κ1) is 17.2. The normalized spacial score (nSPS) is 12.3. The molecule has 3 aromatic carbocycles. The molecule has 0 saturated heterocycles. The van der Waals surface area contributed by atoms with Crippen LogP contribution in [0.5, 0.6) is 11.5 Å². The van der Waals surface area contributed by atoms with Crippen LogP contribution >= 0.6 is 0 Å². The highest BCUT2D eigenvalue weighted by Crippen LogP contribution is 2.40. The second kappa shape index (κ2) is 6.20. The maximum absolute atomic E-state index is 12.9. The van der Waals surface area contributed by atoms with Gasteiger partial charge in [-0.25, -0.2) is 0 Å². The van der Waals surface area contributed by atoms with Gasteiger partial charge in [0, 0.05) is 34.6 Å². The molecular weight excluding hydrogens is 364 g/mol. The summed E-state index contributed by atoms with van der Waals surface area (Å²) < 4.78 is 0. The van der Waals surface area contributed by atoms with E-state index in [0.29, 0.717) is 5.69 Å². The summed E-state index contributed by atoms with van der Waals surface area (Å²) in [6.07, 6.45) is 0. The van der Waals surface area contributed by atoms with Gasteiger partial charge in [-0.3, -0.25) is 19.7 Å². The molecule has 0 unspecified atom stereocenters. The Bertz CT molecular complexity index is 1170. The van der Waals surface area contributed by atoms with Gasteiger partial charge in [0.2, 0.25) is 5.78 Å². The minimum absolute atomic E-state index is 0.189. The highest BCUT2D eigenvalue weighted by Gasteiger charge is 2.38. The van der Waals surface area contributed by atoms with E-state index in [2.05, 4.69) is 5.32 Å². The molecule has 3 aromatic rings. The topological polar surface area (TPSA) is 130 Å². The molecule has 0 saturated carbocycles. The van der Waals surface area contributed by atoms with E-state index in [1.54, 1.807) is 30.3 Å². The molecule has 0 bridgehead atoms. The van der Waals surface area contributed by atoms with Crippen LogP contribution in [0.25, 0.3) is 0 Å². The molecule has 138 valence electrons. The molecule has 0 fully saturated rings. The molecule has 1 aliphatic carbocycles. The number of para-hydroxylation sites is 1. The van der Waals surface area contributed by atoms with Crippen molar-refractivity contribution < 1.29 is 24.7 Å². The number of rotatable bonds is 3. The molecule has 0 spiro atoms. The van der Waals surface area contributed by atoms with E-state index < -0.39 is 33.7 Å². The van der Waals surface area contributed by atoms with Crippen LogP contribution in [0.15, 0.2) is 54.6 Å². The summed E-state index contributed by atoms with van der Waals surface area (Å²) in [5.74, 6) is -2.54. The Balaban J connectivity index is 1.93. The molecule has 0 aliphatic heterocycles. The molecule has 3 N–H and O–H groups in total. The summed E-state index contributed by atoms with van der Waals surface area (Å²) in [4.78, 5) is 36.6. The van der Waals surface area contributed by atoms with E-state index in [4.69, 9.17) is 0 Å². The van der Waals surface area contributed by atoms with Gasteiger partial charge in [0.1, 0.15) is 17.1 Å². The zero-order valence-electron chi connectivity index (χ0n) is 14.2. The summed E-state index contributed by atoms with van der Waals surface area (Å²) in [6, 6.07) is 13.3. The Labute approximate surface area is 157 Å². The fraction of sp³-hybridized carbons (Fsp3) is 0. The number of carbonyl (C=O) groups excluding carboxylic acids is 2. The first-order valence-corrected chi connectivity index (χ1v) is 8.16. The van der Waals surface area contributed by atoms with Gasteiger partial charge in [0.05, 0.1) is 10.5 Å². The zero-order valence-corrected chi connectivity index (χ0v) is 14.2. The highest BCUT2D eigenvalue weighted by molar-refractivity contribution is 6.31. The Morgan fingerprint density at radius 2 is 1.46 bits per heavy atom. The van der Waals surface area contributed by atoms with Crippen LogP contribution in [0.2, 0.25) is 0 Å². The van der Waals surface area contributed by atoms with Gasteiger partial charge in [-0.2, -0.15) is 0 Å². The molecule has 8 nitrogen and oxygen atoms in total. The lowest BCUT2D eigenvalue weighted by Gasteiger charge is -2.19. The maximum Gasteiger partial charge on any atom is 0.283 e. The van der Waals surface area contributed by atoms with Crippen molar-refractivity contribution in [2.45, 2.75) is 0 Å². The highest BCUT2D eigenvalue weighted by atomic mass is 16.6. The predicted octanol–water partition coefficient (Wildman–Crippen LogP) is 3.53. The molecule has 8 heteroatoms. The van der Waals surface area contributed by atoms with Crippen molar-refractivity contribution in [3.05, 3.63) is 87.0 Å². The van der Waals surface area contributed by atoms with Crippen molar-refractivity contribution in [1.82, 2.24) is 0 Å². The minimum Gasteiger partial charge on any atom is -0.508 e. The lowest BCUT2D eigenvalue weighted by Crippen LogP contribution is -2.22. The number of nitro benzene ring substituents is 1. The number of carbonyl (C=O) groups is 2. The first-order chi connectivity index (χ1) is 13.4. The first-order valence-electron chi connectivity index (χ1n) is 8.16. The smallest absolute Gasteiger partial charge is 0.283 e. The number of aromatic hydroxyl groups is 2. The van der Waals surface area contributed by atoms with E-state index in [0.717, 1.165) is 12.1 Å². The zero-order chi connectivity index (χ0) is 20.0. The Morgan fingerprint density at radius 3 is 2.14 bits per heavy atom. The number of fused-ring (bicyclic) bond motifs is 2. The van der Waals surface area contributed by atoms with Crippen LogP contribution in [-0.2, 0) is 0 Å². The third kappa shape index (κ3) is 2.64. The number of anilines is 2. The van der Waals surface area contributed by atoms with E-state index in [1.165, 1.54) is 12.1 Å². The van der Waals surface area contributed by atoms with Crippen LogP contribution < -0.4 is 5.32 Å². The number of phenolic OH excluding ortho intramolecular Hbond substituents is 2. The molecule has 28 heavy (non-hydrogen) atoms. The van der Waals surface area contributed by atoms with Crippen molar-refractivity contribution in [3.8, 4) is 11.5 Å². The number of nitrogens with one attached hydrogen (secondary N) is 1. The standard InChI is InChI=1S/C20H12N2O6/c23-12-8-14-18(16(24)9-12)20(26)13-6-11(21-10-4-2-1-3-5-10)7-15(22(27)28)17(13)19(14)25/h1-9,21,23-24H. The van der Waals surface area contributed by atoms with E-state index >= 15 is 0 Å². The molecule has 0 radical (unpaired) electrons. The summed E-state index contributed by atoms with van der Waals surface area (Å²) >= 11 is 0. The fourth-order valence-corrected chi connectivity index (χ4v) is 3.25. The largest absolute Gasteiger partial charge is 0.508 e. The lowest BCUT2D eigenvalue weighted by molar-refractivity contribution is -0.385. The third-order valence-electron chi connectivity index (χ3n) is 4.42. The minimum atomic E-state index is -0.811. The molecule has 0 heterocycles. The molecule has 0 aromatic heterocycles. The van der Waals surface area contributed by atoms with Crippen LogP contribution in [0.1, 0.15) is 31.8 Å². The maximum atomic E-state index is 12.9. The van der Waals surface area contributed by atoms with E-state index in [9.17, 15) is 29.9 Å². The average Bonchev–Trinajstić information content (AvgIpc) is 2.65. The number of hydrogen-bond donors (Lipinski definition) is 3. The molecule has 0 amide bonds. The SMILES string of the molecule is O=C1c2cc(Nc3ccccc3)cc([N+](=O)[O-])c2C(=O)c2cc(O)cc(O)c21. The Morgan fingerprint density at radius 1 is 0.821 bits per heavy atom. The van der Waals surface area contributed by atoms with Gasteiger partial charge in [0.25, 0.3) is 5.69 Å². The quantitative estimate of drug-likeness (QED) is 0.368. The fourth-order valence-electron chi connectivity index (χ4n) is 3.25. The van der Waals surface area contributed by atoms with Crippen molar-refractivity contribution in [1.29, 1.82) is 0 Å². The van der Waals surface area contributed by atoms with Gasteiger partial charge in [-0.1, -0.05) is 18.2 Å². The summed E-state index contributed by atoms with van der Waals surface area (Å²) in [5.41, 5.74) is -0.776. The van der Waals surface area contributed by atoms with E-state index in [-0.39, 0.29) is 27.9 Å². The van der Waals surface area contributed by atoms with Crippen LogP contribution in [-0.4, -0.2) is 26.7 Å². The van der Waals surface area contributed by atoms with Crippen LogP contribution in [0.4, 0.5) is 17.1 Å². The predicted molar refractivity (Wildman–Crippen MR) is 99.5 cm³/mol. The van der Waals surface area contributed by atoms with Crippen molar-refractivity contribution in [2.75, 3.05) is 5.32 Å². The molecule has 0 atom stereocenters. The summed E-state index contributed by atoms with van der Waals surface area (Å²) in [5, 5.41) is 34.2. The van der Waals surface area contributed by atoms with Crippen molar-refractivity contribution in [3.63, 3.8) is 0 Å². The van der Waals surface area contributed by atoms with Crippen LogP contribution in [0.3, 0.4) is 0 Å². The number of hydrogen-bond acceptors (Lipinski definition) is 7. The number of phenols is 2. The molecule has 4 rings (SSSR count).